The third-order valence-corrected chi connectivity index (χ3v) is 5.58. The predicted molar refractivity (Wildman–Crippen MR) is 121 cm³/mol. The first-order valence-corrected chi connectivity index (χ1v) is 10.6. The van der Waals surface area contributed by atoms with Crippen molar-refractivity contribution in [1.29, 1.82) is 0 Å². The maximum absolute atomic E-state index is 5.96. The van der Waals surface area contributed by atoms with E-state index in [2.05, 4.69) is 55.8 Å². The van der Waals surface area contributed by atoms with Gasteiger partial charge >= 0.3 is 0 Å². The first-order chi connectivity index (χ1) is 15.2. The van der Waals surface area contributed by atoms with E-state index in [-0.39, 0.29) is 12.7 Å². The van der Waals surface area contributed by atoms with E-state index in [1.165, 1.54) is 5.56 Å². The smallest absolute Gasteiger partial charge is 0.231 e. The van der Waals surface area contributed by atoms with Crippen molar-refractivity contribution >= 4 is 23.3 Å². The lowest BCUT2D eigenvalue weighted by atomic mass is 10.0. The topological polar surface area (TPSA) is 97.6 Å². The zero-order chi connectivity index (χ0) is 21.0. The molecule has 1 fully saturated rings. The van der Waals surface area contributed by atoms with E-state index in [1.54, 1.807) is 0 Å². The molecule has 0 atom stereocenters. The molecule has 5 rings (SSSR count). The number of hydrogen-bond acceptors (Lipinski definition) is 8. The average Bonchev–Trinajstić information content (AvgIpc) is 3.23. The van der Waals surface area contributed by atoms with Gasteiger partial charge in [0, 0.05) is 43.5 Å². The molecule has 1 aromatic heterocycles. The van der Waals surface area contributed by atoms with Gasteiger partial charge in [0.25, 0.3) is 0 Å². The first-order valence-electron chi connectivity index (χ1n) is 10.6. The molecular formula is C23H26N6O2. The summed E-state index contributed by atoms with van der Waals surface area (Å²) in [7, 11) is 0. The van der Waals surface area contributed by atoms with E-state index >= 15 is 0 Å². The van der Waals surface area contributed by atoms with Crippen LogP contribution in [0.25, 0.3) is 0 Å². The first kappa shape index (κ1) is 19.4. The highest BCUT2D eigenvalue weighted by Crippen LogP contribution is 2.35. The average molecular weight is 419 g/mol. The largest absolute Gasteiger partial charge is 0.454 e. The van der Waals surface area contributed by atoms with Crippen LogP contribution in [0.5, 0.6) is 11.5 Å². The van der Waals surface area contributed by atoms with Crippen molar-refractivity contribution in [2.45, 2.75) is 25.4 Å². The number of piperidine rings is 1. The number of anilines is 4. The Kier molecular flexibility index (Phi) is 5.45. The number of hydrogen-bond donors (Lipinski definition) is 3. The second-order valence-electron chi connectivity index (χ2n) is 7.87. The molecule has 0 bridgehead atoms. The van der Waals surface area contributed by atoms with Crippen LogP contribution in [0.2, 0.25) is 0 Å². The summed E-state index contributed by atoms with van der Waals surface area (Å²) >= 11 is 0. The fourth-order valence-electron chi connectivity index (χ4n) is 4.01. The number of nitrogens with zero attached hydrogens (tertiary/aromatic N) is 3. The Morgan fingerprint density at radius 2 is 1.71 bits per heavy atom. The molecule has 0 aliphatic carbocycles. The molecule has 31 heavy (non-hydrogen) atoms. The lowest BCUT2D eigenvalue weighted by molar-refractivity contribution is 0.174. The van der Waals surface area contributed by atoms with Crippen LogP contribution in [0.1, 0.15) is 18.4 Å². The third-order valence-electron chi connectivity index (χ3n) is 5.58. The van der Waals surface area contributed by atoms with Crippen LogP contribution < -0.4 is 25.8 Å². The van der Waals surface area contributed by atoms with Gasteiger partial charge in [-0.15, -0.1) is 0 Å². The van der Waals surface area contributed by atoms with E-state index in [4.69, 9.17) is 15.2 Å². The summed E-state index contributed by atoms with van der Waals surface area (Å²) in [6.07, 6.45) is 2.11. The zero-order valence-electron chi connectivity index (χ0n) is 17.3. The van der Waals surface area contributed by atoms with Crippen LogP contribution in [0, 0.1) is 0 Å². The number of nitrogen functional groups attached to an aromatic ring is 1. The van der Waals surface area contributed by atoms with E-state index in [0.717, 1.165) is 49.7 Å². The van der Waals surface area contributed by atoms with Gasteiger partial charge in [-0.3, -0.25) is 4.90 Å². The minimum Gasteiger partial charge on any atom is -0.454 e. The van der Waals surface area contributed by atoms with Gasteiger partial charge in [0.05, 0.1) is 0 Å². The van der Waals surface area contributed by atoms with Gasteiger partial charge in [-0.2, -0.15) is 9.97 Å². The van der Waals surface area contributed by atoms with E-state index < -0.39 is 0 Å². The van der Waals surface area contributed by atoms with Crippen LogP contribution in [0.15, 0.2) is 54.6 Å². The SMILES string of the molecule is Nc1nc(Nc2ccc3c(c2)OCO3)cc(NC2CCN(Cc3ccccc3)CC2)n1. The highest BCUT2D eigenvalue weighted by atomic mass is 16.7. The summed E-state index contributed by atoms with van der Waals surface area (Å²) in [4.78, 5) is 11.2. The molecule has 2 aliphatic rings. The van der Waals surface area contributed by atoms with Gasteiger partial charge in [0.15, 0.2) is 11.5 Å². The standard InChI is InChI=1S/C23H26N6O2/c24-23-27-21(13-22(28-23)26-18-6-7-19-20(12-18)31-15-30-19)25-17-8-10-29(11-9-17)14-16-4-2-1-3-5-16/h1-7,12-13,17H,8-11,14-15H2,(H4,24,25,26,27,28). The maximum atomic E-state index is 5.96. The summed E-state index contributed by atoms with van der Waals surface area (Å²) < 4.78 is 10.8. The molecule has 160 valence electrons. The highest BCUT2D eigenvalue weighted by molar-refractivity contribution is 5.64. The Hall–Kier alpha value is -3.52. The third kappa shape index (κ3) is 4.80. The van der Waals surface area contributed by atoms with Crippen molar-refractivity contribution < 1.29 is 9.47 Å². The van der Waals surface area contributed by atoms with E-state index in [9.17, 15) is 0 Å². The molecule has 3 aromatic rings. The Labute approximate surface area is 181 Å². The second kappa shape index (κ2) is 8.69. The Morgan fingerprint density at radius 3 is 2.55 bits per heavy atom. The summed E-state index contributed by atoms with van der Waals surface area (Å²) in [5.74, 6) is 3.06. The number of benzene rings is 2. The minimum atomic E-state index is 0.231. The van der Waals surface area contributed by atoms with E-state index in [0.29, 0.717) is 17.6 Å². The summed E-state index contributed by atoms with van der Waals surface area (Å²) in [5, 5.41) is 6.80. The molecule has 2 aliphatic heterocycles. The molecule has 2 aromatic carbocycles. The van der Waals surface area contributed by atoms with Crippen molar-refractivity contribution in [2.75, 3.05) is 36.2 Å². The number of nitrogens with two attached hydrogens (primary N) is 1. The van der Waals surface area contributed by atoms with Crippen LogP contribution in [0.4, 0.5) is 23.3 Å². The summed E-state index contributed by atoms with van der Waals surface area (Å²) in [6.45, 7) is 3.35. The minimum absolute atomic E-state index is 0.231. The van der Waals surface area contributed by atoms with Gasteiger partial charge in [-0.25, -0.2) is 0 Å². The molecule has 0 amide bonds. The van der Waals surface area contributed by atoms with Crippen LogP contribution in [0.3, 0.4) is 0 Å². The van der Waals surface area contributed by atoms with Crippen molar-refractivity contribution in [3.8, 4) is 11.5 Å². The lowest BCUT2D eigenvalue weighted by Gasteiger charge is -2.32. The second-order valence-corrected chi connectivity index (χ2v) is 7.87. The van der Waals surface area contributed by atoms with Crippen LogP contribution >= 0.6 is 0 Å². The molecule has 0 unspecified atom stereocenters. The van der Waals surface area contributed by atoms with E-state index in [1.807, 2.05) is 24.3 Å². The Balaban J connectivity index is 1.19. The zero-order valence-corrected chi connectivity index (χ0v) is 17.3. The number of nitrogens with one attached hydrogen (secondary N) is 2. The number of ether oxygens (including phenoxy) is 2. The fraction of sp³-hybridized carbons (Fsp3) is 0.304. The van der Waals surface area contributed by atoms with Crippen LogP contribution in [-0.4, -0.2) is 40.8 Å². The van der Waals surface area contributed by atoms with Gasteiger partial charge in [0.1, 0.15) is 11.6 Å². The lowest BCUT2D eigenvalue weighted by Crippen LogP contribution is -2.38. The van der Waals surface area contributed by atoms with Crippen molar-refractivity contribution in [3.63, 3.8) is 0 Å². The number of rotatable bonds is 6. The van der Waals surface area contributed by atoms with Gasteiger partial charge in [-0.05, 0) is 30.5 Å². The molecule has 0 radical (unpaired) electrons. The molecule has 8 nitrogen and oxygen atoms in total. The molecule has 1 saturated heterocycles. The van der Waals surface area contributed by atoms with Crippen LogP contribution in [-0.2, 0) is 6.54 Å². The number of likely N-dealkylation sites (tertiary alicyclic amines) is 1. The van der Waals surface area contributed by atoms with Crippen molar-refractivity contribution in [3.05, 3.63) is 60.2 Å². The van der Waals surface area contributed by atoms with Crippen molar-refractivity contribution in [1.82, 2.24) is 14.9 Å². The Bertz CT molecular complexity index is 1040. The monoisotopic (exact) mass is 418 g/mol. The molecular weight excluding hydrogens is 392 g/mol. The molecule has 0 saturated carbocycles. The normalized spacial score (nSPS) is 16.3. The number of aromatic nitrogens is 2. The number of fused-ring (bicyclic) bond motifs is 1. The highest BCUT2D eigenvalue weighted by Gasteiger charge is 2.20. The fourth-order valence-corrected chi connectivity index (χ4v) is 4.01. The van der Waals surface area contributed by atoms with Crippen molar-refractivity contribution in [2.24, 2.45) is 0 Å². The molecule has 8 heteroatoms. The maximum Gasteiger partial charge on any atom is 0.231 e. The van der Waals surface area contributed by atoms with Gasteiger partial charge in [0.2, 0.25) is 12.7 Å². The predicted octanol–water partition coefficient (Wildman–Crippen LogP) is 3.61. The quantitative estimate of drug-likeness (QED) is 0.559. The molecule has 0 spiro atoms. The summed E-state index contributed by atoms with van der Waals surface area (Å²) in [6, 6.07) is 18.5. The van der Waals surface area contributed by atoms with Gasteiger partial charge < -0.3 is 25.8 Å². The Morgan fingerprint density at radius 1 is 0.935 bits per heavy atom. The summed E-state index contributed by atoms with van der Waals surface area (Å²) in [5.41, 5.74) is 8.17. The van der Waals surface area contributed by atoms with Gasteiger partial charge in [-0.1, -0.05) is 30.3 Å². The molecule has 3 heterocycles. The molecule has 4 N–H and O–H groups in total.